The summed E-state index contributed by atoms with van der Waals surface area (Å²) in [4.78, 5) is 10.8. The van der Waals surface area contributed by atoms with E-state index in [9.17, 15) is 4.79 Å². The van der Waals surface area contributed by atoms with Gasteiger partial charge in [0.25, 0.3) is 0 Å². The smallest absolute Gasteiger partial charge is 0.307 e. The van der Waals surface area contributed by atoms with Gasteiger partial charge in [-0.2, -0.15) is 0 Å². The number of halogens is 2. The molecule has 0 spiro atoms. The molecule has 1 rings (SSSR count). The molecule has 1 aromatic carbocycles. The van der Waals surface area contributed by atoms with Crippen LogP contribution in [0, 0.1) is 0 Å². The van der Waals surface area contributed by atoms with E-state index in [2.05, 4.69) is 10.1 Å². The molecule has 0 radical (unpaired) electrons. The van der Waals surface area contributed by atoms with Gasteiger partial charge in [0.05, 0.1) is 13.5 Å². The van der Waals surface area contributed by atoms with Crippen LogP contribution in [0.1, 0.15) is 12.0 Å². The summed E-state index contributed by atoms with van der Waals surface area (Å²) in [6.45, 7) is 1.09. The Hall–Kier alpha value is -0.970. The van der Waals surface area contributed by atoms with Gasteiger partial charge in [0.1, 0.15) is 0 Å². The minimum Gasteiger partial charge on any atom is -0.469 e. The van der Waals surface area contributed by atoms with E-state index in [1.807, 2.05) is 24.3 Å². The molecule has 17 heavy (non-hydrogen) atoms. The molecule has 0 saturated carbocycles. The van der Waals surface area contributed by atoms with E-state index in [1.165, 1.54) is 7.11 Å². The quantitative estimate of drug-likeness (QED) is 0.810. The average Bonchev–Trinajstić information content (AvgIpc) is 2.29. The standard InChI is InChI=1S/C11H16N2O2.2ClH/c1-15-11(14)5-6-13-10-4-2-3-9(7-10)8-12;;/h2-4,7,13H,5-6,8,12H2,1H3;2*1H. The minimum atomic E-state index is -0.211. The predicted octanol–water partition coefficient (Wildman–Crippen LogP) is 1.96. The van der Waals surface area contributed by atoms with E-state index in [0.29, 0.717) is 19.5 Å². The maximum Gasteiger partial charge on any atom is 0.307 e. The molecule has 0 saturated heterocycles. The Morgan fingerprint density at radius 3 is 2.71 bits per heavy atom. The van der Waals surface area contributed by atoms with Crippen LogP contribution in [0.2, 0.25) is 0 Å². The number of methoxy groups -OCH3 is 1. The molecule has 0 amide bonds. The Balaban J connectivity index is 0. The Morgan fingerprint density at radius 1 is 1.41 bits per heavy atom. The number of anilines is 1. The van der Waals surface area contributed by atoms with Crippen LogP contribution in [0.5, 0.6) is 0 Å². The highest BCUT2D eigenvalue weighted by molar-refractivity contribution is 5.85. The van der Waals surface area contributed by atoms with E-state index in [-0.39, 0.29) is 30.8 Å². The van der Waals surface area contributed by atoms with E-state index >= 15 is 0 Å². The summed E-state index contributed by atoms with van der Waals surface area (Å²) in [5.74, 6) is -0.211. The van der Waals surface area contributed by atoms with Crippen molar-refractivity contribution in [3.63, 3.8) is 0 Å². The molecule has 0 atom stereocenters. The molecule has 0 aliphatic heterocycles. The Kier molecular flexibility index (Phi) is 11.0. The number of esters is 1. The third kappa shape index (κ3) is 7.05. The zero-order valence-electron chi connectivity index (χ0n) is 9.64. The van der Waals surface area contributed by atoms with Gasteiger partial charge in [0.15, 0.2) is 0 Å². The van der Waals surface area contributed by atoms with Crippen molar-refractivity contribution in [1.29, 1.82) is 0 Å². The normalized spacial score (nSPS) is 8.59. The van der Waals surface area contributed by atoms with Crippen LogP contribution in [-0.4, -0.2) is 19.6 Å². The first-order valence-electron chi connectivity index (χ1n) is 4.86. The fourth-order valence-corrected chi connectivity index (χ4v) is 1.22. The Labute approximate surface area is 114 Å². The van der Waals surface area contributed by atoms with Crippen molar-refractivity contribution >= 4 is 36.5 Å². The van der Waals surface area contributed by atoms with Gasteiger partial charge in [-0.15, -0.1) is 24.8 Å². The van der Waals surface area contributed by atoms with Crippen molar-refractivity contribution < 1.29 is 9.53 Å². The highest BCUT2D eigenvalue weighted by atomic mass is 35.5. The van der Waals surface area contributed by atoms with Crippen molar-refractivity contribution in [3.8, 4) is 0 Å². The van der Waals surface area contributed by atoms with Gasteiger partial charge >= 0.3 is 5.97 Å². The second-order valence-corrected chi connectivity index (χ2v) is 3.16. The zero-order chi connectivity index (χ0) is 11.1. The number of hydrogen-bond acceptors (Lipinski definition) is 4. The van der Waals surface area contributed by atoms with E-state index < -0.39 is 0 Å². The molecule has 0 bridgehead atoms. The first kappa shape index (κ1) is 18.4. The Morgan fingerprint density at radius 2 is 2.12 bits per heavy atom. The minimum absolute atomic E-state index is 0. The van der Waals surface area contributed by atoms with Gasteiger partial charge in [0, 0.05) is 18.8 Å². The molecule has 0 fully saturated rings. The lowest BCUT2D eigenvalue weighted by Crippen LogP contribution is -2.09. The molecule has 4 nitrogen and oxygen atoms in total. The summed E-state index contributed by atoms with van der Waals surface area (Å²) in [6, 6.07) is 7.81. The average molecular weight is 281 g/mol. The molecule has 0 heterocycles. The molecule has 0 aliphatic rings. The molecular weight excluding hydrogens is 263 g/mol. The predicted molar refractivity (Wildman–Crippen MR) is 74.0 cm³/mol. The van der Waals surface area contributed by atoms with Gasteiger partial charge in [-0.25, -0.2) is 0 Å². The molecule has 0 aliphatic carbocycles. The lowest BCUT2D eigenvalue weighted by atomic mass is 10.2. The van der Waals surface area contributed by atoms with Crippen molar-refractivity contribution in [1.82, 2.24) is 0 Å². The van der Waals surface area contributed by atoms with E-state index in [4.69, 9.17) is 5.73 Å². The van der Waals surface area contributed by atoms with Gasteiger partial charge in [0.2, 0.25) is 0 Å². The number of ether oxygens (including phenoxy) is 1. The first-order valence-corrected chi connectivity index (χ1v) is 4.86. The van der Waals surface area contributed by atoms with Crippen LogP contribution in [0.3, 0.4) is 0 Å². The number of carbonyl (C=O) groups excluding carboxylic acids is 1. The highest BCUT2D eigenvalue weighted by Gasteiger charge is 1.99. The molecule has 3 N–H and O–H groups in total. The summed E-state index contributed by atoms with van der Waals surface area (Å²) < 4.78 is 4.53. The first-order chi connectivity index (χ1) is 7.26. The van der Waals surface area contributed by atoms with E-state index in [0.717, 1.165) is 11.3 Å². The zero-order valence-corrected chi connectivity index (χ0v) is 11.3. The monoisotopic (exact) mass is 280 g/mol. The summed E-state index contributed by atoms with van der Waals surface area (Å²) >= 11 is 0. The maximum absolute atomic E-state index is 10.8. The largest absolute Gasteiger partial charge is 0.469 e. The van der Waals surface area contributed by atoms with Crippen LogP contribution in [-0.2, 0) is 16.1 Å². The molecule has 6 heteroatoms. The molecule has 98 valence electrons. The number of hydrogen-bond donors (Lipinski definition) is 2. The van der Waals surface area contributed by atoms with Crippen LogP contribution < -0.4 is 11.1 Å². The number of rotatable bonds is 5. The Bertz CT molecular complexity index is 335. The highest BCUT2D eigenvalue weighted by Crippen LogP contribution is 2.09. The maximum atomic E-state index is 10.8. The van der Waals surface area contributed by atoms with Crippen LogP contribution in [0.15, 0.2) is 24.3 Å². The SMILES string of the molecule is COC(=O)CCNc1cccc(CN)c1.Cl.Cl. The van der Waals surface area contributed by atoms with Gasteiger partial charge in [-0.1, -0.05) is 12.1 Å². The van der Waals surface area contributed by atoms with Crippen molar-refractivity contribution in [2.75, 3.05) is 19.0 Å². The van der Waals surface area contributed by atoms with Gasteiger partial charge < -0.3 is 15.8 Å². The van der Waals surface area contributed by atoms with Crippen molar-refractivity contribution in [2.45, 2.75) is 13.0 Å². The number of benzene rings is 1. The summed E-state index contributed by atoms with van der Waals surface area (Å²) in [5, 5.41) is 3.13. The molecular formula is C11H18Cl2N2O2. The third-order valence-corrected chi connectivity index (χ3v) is 2.05. The molecule has 1 aromatic rings. The summed E-state index contributed by atoms with van der Waals surface area (Å²) in [6.07, 6.45) is 0.364. The lowest BCUT2D eigenvalue weighted by Gasteiger charge is -2.06. The van der Waals surface area contributed by atoms with E-state index in [1.54, 1.807) is 0 Å². The lowest BCUT2D eigenvalue weighted by molar-refractivity contribution is -0.140. The fourth-order valence-electron chi connectivity index (χ4n) is 1.22. The summed E-state index contributed by atoms with van der Waals surface area (Å²) in [5.41, 5.74) is 7.56. The summed E-state index contributed by atoms with van der Waals surface area (Å²) in [7, 11) is 1.39. The van der Waals surface area contributed by atoms with Crippen LogP contribution in [0.25, 0.3) is 0 Å². The molecule has 0 unspecified atom stereocenters. The van der Waals surface area contributed by atoms with Crippen molar-refractivity contribution in [3.05, 3.63) is 29.8 Å². The second-order valence-electron chi connectivity index (χ2n) is 3.16. The van der Waals surface area contributed by atoms with Gasteiger partial charge in [-0.05, 0) is 17.7 Å². The number of nitrogens with one attached hydrogen (secondary N) is 1. The topological polar surface area (TPSA) is 64.3 Å². The second kappa shape index (κ2) is 10.2. The van der Waals surface area contributed by atoms with Crippen molar-refractivity contribution in [2.24, 2.45) is 5.73 Å². The van der Waals surface area contributed by atoms with Gasteiger partial charge in [-0.3, -0.25) is 4.79 Å². The van der Waals surface area contributed by atoms with Crippen LogP contribution >= 0.6 is 24.8 Å². The molecule has 0 aromatic heterocycles. The third-order valence-electron chi connectivity index (χ3n) is 2.05. The van der Waals surface area contributed by atoms with Crippen LogP contribution in [0.4, 0.5) is 5.69 Å². The number of nitrogens with two attached hydrogens (primary N) is 1. The number of carbonyl (C=O) groups is 1. The fraction of sp³-hybridized carbons (Fsp3) is 0.364.